The van der Waals surface area contributed by atoms with E-state index >= 15 is 0 Å². The van der Waals surface area contributed by atoms with Gasteiger partial charge in [-0.2, -0.15) is 12.6 Å². The van der Waals surface area contributed by atoms with E-state index in [4.69, 9.17) is 4.74 Å². The quantitative estimate of drug-likeness (QED) is 0.658. The summed E-state index contributed by atoms with van der Waals surface area (Å²) >= 11 is 4.60. The maximum atomic E-state index is 6.14. The third-order valence-electron chi connectivity index (χ3n) is 4.51. The number of fused-ring (bicyclic) bond motifs is 1. The molecule has 0 atom stereocenters. The van der Waals surface area contributed by atoms with E-state index in [-0.39, 0.29) is 5.41 Å². The zero-order valence-corrected chi connectivity index (χ0v) is 13.8. The second-order valence-corrected chi connectivity index (χ2v) is 6.55. The third-order valence-corrected chi connectivity index (χ3v) is 5.18. The van der Waals surface area contributed by atoms with Gasteiger partial charge in [-0.15, -0.1) is 0 Å². The first kappa shape index (κ1) is 15.8. The summed E-state index contributed by atoms with van der Waals surface area (Å²) in [7, 11) is 0. The Hall–Kier alpha value is -0.630. The highest BCUT2D eigenvalue weighted by Gasteiger charge is 2.28. The van der Waals surface area contributed by atoms with E-state index in [1.54, 1.807) is 0 Å². The predicted octanol–water partition coefficient (Wildman–Crippen LogP) is 5.07. The van der Waals surface area contributed by atoms with Crippen LogP contribution in [0.1, 0.15) is 57.1 Å². The van der Waals surface area contributed by atoms with E-state index in [0.29, 0.717) is 0 Å². The predicted molar refractivity (Wildman–Crippen MR) is 90.1 cm³/mol. The lowest BCUT2D eigenvalue weighted by Crippen LogP contribution is -2.30. The van der Waals surface area contributed by atoms with Crippen LogP contribution in [0.2, 0.25) is 0 Å². The van der Waals surface area contributed by atoms with E-state index in [0.717, 1.165) is 18.1 Å². The molecule has 0 saturated heterocycles. The summed E-state index contributed by atoms with van der Waals surface area (Å²) < 4.78 is 6.14. The smallest absolute Gasteiger partial charge is 0.119 e. The fraction of sp³-hybridized carbons (Fsp3) is 0.667. The van der Waals surface area contributed by atoms with Crippen molar-refractivity contribution in [1.82, 2.24) is 0 Å². The Morgan fingerprint density at radius 2 is 1.80 bits per heavy atom. The topological polar surface area (TPSA) is 9.23 Å². The number of hydrogen-bond acceptors (Lipinski definition) is 2. The van der Waals surface area contributed by atoms with E-state index in [2.05, 4.69) is 44.7 Å². The minimum Gasteiger partial charge on any atom is -0.493 e. The van der Waals surface area contributed by atoms with Crippen LogP contribution in [0.15, 0.2) is 18.2 Å². The van der Waals surface area contributed by atoms with Crippen molar-refractivity contribution in [3.8, 4) is 5.75 Å². The molecule has 0 bridgehead atoms. The Kier molecular flexibility index (Phi) is 5.83. The Morgan fingerprint density at radius 3 is 2.45 bits per heavy atom. The summed E-state index contributed by atoms with van der Waals surface area (Å²) in [4.78, 5) is 0. The monoisotopic (exact) mass is 292 g/mol. The van der Waals surface area contributed by atoms with E-state index in [9.17, 15) is 0 Å². The molecule has 0 unspecified atom stereocenters. The highest BCUT2D eigenvalue weighted by Crippen LogP contribution is 2.33. The zero-order valence-electron chi connectivity index (χ0n) is 13.0. The standard InChI is InChI=1S/C18H28OS/c1-3-10-18(14-20,11-4-2)13-19-17-9-8-15-6-5-7-16(15)12-17/h8-9,12,20H,3-7,10-11,13-14H2,1-2H3. The van der Waals surface area contributed by atoms with Gasteiger partial charge in [0.15, 0.2) is 0 Å². The van der Waals surface area contributed by atoms with Crippen LogP contribution >= 0.6 is 12.6 Å². The normalized spacial score (nSPS) is 14.3. The molecule has 0 amide bonds. The average Bonchev–Trinajstić information content (AvgIpc) is 2.92. The lowest BCUT2D eigenvalue weighted by Gasteiger charge is -2.31. The molecule has 0 saturated carbocycles. The molecule has 0 aromatic heterocycles. The molecule has 112 valence electrons. The van der Waals surface area contributed by atoms with Gasteiger partial charge in [0.2, 0.25) is 0 Å². The molecule has 1 aliphatic rings. The van der Waals surface area contributed by atoms with Gasteiger partial charge in [0, 0.05) is 5.41 Å². The van der Waals surface area contributed by atoms with Crippen LogP contribution in [-0.4, -0.2) is 12.4 Å². The number of ether oxygens (including phenoxy) is 1. The summed E-state index contributed by atoms with van der Waals surface area (Å²) in [5, 5.41) is 0. The second kappa shape index (κ2) is 7.40. The zero-order chi connectivity index (χ0) is 14.4. The SMILES string of the molecule is CCCC(CS)(CCC)COc1ccc2c(c1)CCC2. The third kappa shape index (κ3) is 3.72. The molecular formula is C18H28OS. The van der Waals surface area contributed by atoms with Crippen LogP contribution in [-0.2, 0) is 12.8 Å². The number of hydrogen-bond donors (Lipinski definition) is 1. The van der Waals surface area contributed by atoms with E-state index in [1.807, 2.05) is 0 Å². The molecule has 0 fully saturated rings. The first-order valence-electron chi connectivity index (χ1n) is 8.08. The molecule has 0 radical (unpaired) electrons. The Bertz CT molecular complexity index is 421. The van der Waals surface area contributed by atoms with Gasteiger partial charge in [-0.3, -0.25) is 0 Å². The number of thiol groups is 1. The molecule has 2 rings (SSSR count). The molecule has 0 spiro atoms. The molecule has 20 heavy (non-hydrogen) atoms. The summed E-state index contributed by atoms with van der Waals surface area (Å²) in [5.41, 5.74) is 3.25. The van der Waals surface area contributed by atoms with Crippen LogP contribution in [0.3, 0.4) is 0 Å². The lowest BCUT2D eigenvalue weighted by atomic mass is 9.82. The Labute approximate surface area is 129 Å². The van der Waals surface area contributed by atoms with Crippen LogP contribution in [0.25, 0.3) is 0 Å². The van der Waals surface area contributed by atoms with Gasteiger partial charge in [-0.1, -0.05) is 32.8 Å². The van der Waals surface area contributed by atoms with Gasteiger partial charge in [0.1, 0.15) is 5.75 Å². The summed E-state index contributed by atoms with van der Waals surface area (Å²) in [5.74, 6) is 1.96. The molecule has 1 nitrogen and oxygen atoms in total. The summed E-state index contributed by atoms with van der Waals surface area (Å²) in [6.45, 7) is 5.31. The summed E-state index contributed by atoms with van der Waals surface area (Å²) in [6.07, 6.45) is 8.56. The van der Waals surface area contributed by atoms with Crippen LogP contribution in [0, 0.1) is 5.41 Å². The van der Waals surface area contributed by atoms with Crippen molar-refractivity contribution >= 4 is 12.6 Å². The van der Waals surface area contributed by atoms with Crippen LogP contribution < -0.4 is 4.74 Å². The Balaban J connectivity index is 2.01. The van der Waals surface area contributed by atoms with Crippen LogP contribution in [0.4, 0.5) is 0 Å². The maximum Gasteiger partial charge on any atom is 0.119 e. The minimum absolute atomic E-state index is 0.242. The Morgan fingerprint density at radius 1 is 1.10 bits per heavy atom. The highest BCUT2D eigenvalue weighted by molar-refractivity contribution is 7.80. The van der Waals surface area contributed by atoms with Gasteiger partial charge in [-0.25, -0.2) is 0 Å². The van der Waals surface area contributed by atoms with Crippen molar-refractivity contribution in [1.29, 1.82) is 0 Å². The first-order chi connectivity index (χ1) is 9.73. The molecule has 0 aliphatic heterocycles. The number of benzene rings is 1. The van der Waals surface area contributed by atoms with Crippen molar-refractivity contribution in [2.24, 2.45) is 5.41 Å². The minimum atomic E-state index is 0.242. The fourth-order valence-corrected chi connectivity index (χ4v) is 3.82. The van der Waals surface area contributed by atoms with E-state index in [1.165, 1.54) is 56.1 Å². The molecular weight excluding hydrogens is 264 g/mol. The number of aryl methyl sites for hydroxylation is 2. The van der Waals surface area contributed by atoms with Crippen molar-refractivity contribution in [3.05, 3.63) is 29.3 Å². The van der Waals surface area contributed by atoms with Crippen molar-refractivity contribution < 1.29 is 4.74 Å². The van der Waals surface area contributed by atoms with Crippen molar-refractivity contribution in [3.63, 3.8) is 0 Å². The highest BCUT2D eigenvalue weighted by atomic mass is 32.1. The van der Waals surface area contributed by atoms with Gasteiger partial charge in [0.05, 0.1) is 6.61 Å². The van der Waals surface area contributed by atoms with Gasteiger partial charge >= 0.3 is 0 Å². The average molecular weight is 292 g/mol. The summed E-state index contributed by atoms with van der Waals surface area (Å²) in [6, 6.07) is 6.65. The fourth-order valence-electron chi connectivity index (χ4n) is 3.41. The van der Waals surface area contributed by atoms with E-state index < -0.39 is 0 Å². The molecule has 0 heterocycles. The van der Waals surface area contributed by atoms with Crippen LogP contribution in [0.5, 0.6) is 5.75 Å². The largest absolute Gasteiger partial charge is 0.493 e. The lowest BCUT2D eigenvalue weighted by molar-refractivity contribution is 0.143. The molecule has 0 N–H and O–H groups in total. The molecule has 1 aromatic rings. The van der Waals surface area contributed by atoms with Gasteiger partial charge < -0.3 is 4.74 Å². The van der Waals surface area contributed by atoms with Gasteiger partial charge in [0.25, 0.3) is 0 Å². The molecule has 1 aromatic carbocycles. The second-order valence-electron chi connectivity index (χ2n) is 6.23. The van der Waals surface area contributed by atoms with Gasteiger partial charge in [-0.05, 0) is 61.1 Å². The van der Waals surface area contributed by atoms with Crippen molar-refractivity contribution in [2.75, 3.05) is 12.4 Å². The maximum absolute atomic E-state index is 6.14. The number of rotatable bonds is 8. The first-order valence-corrected chi connectivity index (χ1v) is 8.72. The molecule has 2 heteroatoms. The molecule has 1 aliphatic carbocycles. The van der Waals surface area contributed by atoms with Crippen molar-refractivity contribution in [2.45, 2.75) is 58.8 Å².